The number of carbonyl (C=O) groups excluding carboxylic acids is 1. The summed E-state index contributed by atoms with van der Waals surface area (Å²) in [5.41, 5.74) is 0.694. The van der Waals surface area contributed by atoms with Gasteiger partial charge in [-0.05, 0) is 31.2 Å². The first kappa shape index (κ1) is 14.5. The SMILES string of the molecule is CC1=NOC(=O)/C1=C\c1ccc(-c2cc([N+](=O)[O-])ccc2O)o1. The molecule has 1 aliphatic rings. The summed E-state index contributed by atoms with van der Waals surface area (Å²) in [4.78, 5) is 26.3. The summed E-state index contributed by atoms with van der Waals surface area (Å²) in [6.07, 6.45) is 1.45. The summed E-state index contributed by atoms with van der Waals surface area (Å²) in [5.74, 6) is -0.172. The normalized spacial score (nSPS) is 15.6. The molecule has 1 aliphatic heterocycles. The third kappa shape index (κ3) is 2.69. The second kappa shape index (κ2) is 5.41. The molecule has 23 heavy (non-hydrogen) atoms. The van der Waals surface area contributed by atoms with E-state index in [1.807, 2.05) is 0 Å². The fraction of sp³-hybridized carbons (Fsp3) is 0.0667. The predicted octanol–water partition coefficient (Wildman–Crippen LogP) is 2.88. The molecular weight excluding hydrogens is 304 g/mol. The summed E-state index contributed by atoms with van der Waals surface area (Å²) in [6, 6.07) is 6.73. The van der Waals surface area contributed by atoms with Gasteiger partial charge in [0, 0.05) is 12.1 Å². The van der Waals surface area contributed by atoms with Crippen LogP contribution in [0.2, 0.25) is 0 Å². The number of benzene rings is 1. The Kier molecular flexibility index (Phi) is 3.41. The van der Waals surface area contributed by atoms with Gasteiger partial charge < -0.3 is 14.4 Å². The van der Waals surface area contributed by atoms with Gasteiger partial charge in [-0.2, -0.15) is 0 Å². The molecule has 0 fully saturated rings. The van der Waals surface area contributed by atoms with Crippen molar-refractivity contribution in [2.24, 2.45) is 5.16 Å². The number of hydrogen-bond acceptors (Lipinski definition) is 7. The highest BCUT2D eigenvalue weighted by Gasteiger charge is 2.22. The Morgan fingerprint density at radius 2 is 2.09 bits per heavy atom. The molecule has 0 saturated carbocycles. The number of carbonyl (C=O) groups is 1. The van der Waals surface area contributed by atoms with Crippen molar-refractivity contribution in [2.75, 3.05) is 0 Å². The fourth-order valence-electron chi connectivity index (χ4n) is 2.07. The van der Waals surface area contributed by atoms with Crippen molar-refractivity contribution in [3.05, 3.63) is 51.8 Å². The van der Waals surface area contributed by atoms with Crippen LogP contribution in [0.15, 0.2) is 45.5 Å². The van der Waals surface area contributed by atoms with Crippen molar-refractivity contribution >= 4 is 23.4 Å². The van der Waals surface area contributed by atoms with E-state index < -0.39 is 10.9 Å². The Morgan fingerprint density at radius 1 is 1.30 bits per heavy atom. The number of nitro benzene ring substituents is 1. The van der Waals surface area contributed by atoms with Crippen LogP contribution in [0.4, 0.5) is 5.69 Å². The van der Waals surface area contributed by atoms with Gasteiger partial charge in [0.05, 0.1) is 21.8 Å². The largest absolute Gasteiger partial charge is 0.507 e. The average molecular weight is 314 g/mol. The molecule has 0 atom stereocenters. The fourth-order valence-corrected chi connectivity index (χ4v) is 2.07. The van der Waals surface area contributed by atoms with Gasteiger partial charge in [0.1, 0.15) is 17.3 Å². The highest BCUT2D eigenvalue weighted by molar-refractivity contribution is 6.24. The van der Waals surface area contributed by atoms with E-state index in [0.717, 1.165) is 0 Å². The third-order valence-corrected chi connectivity index (χ3v) is 3.24. The van der Waals surface area contributed by atoms with Crippen LogP contribution in [0.3, 0.4) is 0 Å². The van der Waals surface area contributed by atoms with E-state index in [1.54, 1.807) is 13.0 Å². The maximum Gasteiger partial charge on any atom is 0.367 e. The number of nitro groups is 1. The quantitative estimate of drug-likeness (QED) is 0.403. The Balaban J connectivity index is 1.98. The molecule has 2 aromatic rings. The lowest BCUT2D eigenvalue weighted by Gasteiger charge is -2.01. The van der Waals surface area contributed by atoms with Crippen molar-refractivity contribution in [2.45, 2.75) is 6.92 Å². The molecule has 8 nitrogen and oxygen atoms in total. The lowest BCUT2D eigenvalue weighted by Crippen LogP contribution is -2.01. The number of rotatable bonds is 3. The van der Waals surface area contributed by atoms with E-state index >= 15 is 0 Å². The summed E-state index contributed by atoms with van der Waals surface area (Å²) in [5, 5.41) is 24.2. The summed E-state index contributed by atoms with van der Waals surface area (Å²) >= 11 is 0. The van der Waals surface area contributed by atoms with Crippen LogP contribution in [0, 0.1) is 10.1 Å². The zero-order chi connectivity index (χ0) is 16.6. The van der Waals surface area contributed by atoms with E-state index in [4.69, 9.17) is 4.42 Å². The van der Waals surface area contributed by atoms with Gasteiger partial charge in [-0.25, -0.2) is 4.79 Å². The Morgan fingerprint density at radius 3 is 2.74 bits per heavy atom. The smallest absolute Gasteiger partial charge is 0.367 e. The van der Waals surface area contributed by atoms with Gasteiger partial charge in [-0.15, -0.1) is 0 Å². The average Bonchev–Trinajstić information content (AvgIpc) is 3.10. The van der Waals surface area contributed by atoms with Crippen molar-refractivity contribution in [3.8, 4) is 17.1 Å². The first-order valence-electron chi connectivity index (χ1n) is 6.51. The molecule has 1 aromatic carbocycles. The van der Waals surface area contributed by atoms with Crippen molar-refractivity contribution in [1.82, 2.24) is 0 Å². The summed E-state index contributed by atoms with van der Waals surface area (Å²) < 4.78 is 5.52. The first-order chi connectivity index (χ1) is 11.0. The molecule has 0 bridgehead atoms. The van der Waals surface area contributed by atoms with E-state index in [0.29, 0.717) is 11.5 Å². The number of oxime groups is 1. The molecular formula is C15H10N2O6. The molecule has 3 rings (SSSR count). The number of nitrogens with zero attached hydrogens (tertiary/aromatic N) is 2. The molecule has 1 aromatic heterocycles. The van der Waals surface area contributed by atoms with Crippen molar-refractivity contribution in [1.29, 1.82) is 0 Å². The molecule has 1 N–H and O–H groups in total. The van der Waals surface area contributed by atoms with Crippen molar-refractivity contribution in [3.63, 3.8) is 0 Å². The lowest BCUT2D eigenvalue weighted by molar-refractivity contribution is -0.384. The molecule has 116 valence electrons. The number of hydrogen-bond donors (Lipinski definition) is 1. The van der Waals surface area contributed by atoms with Gasteiger partial charge in [0.2, 0.25) is 0 Å². The number of aromatic hydroxyl groups is 1. The van der Waals surface area contributed by atoms with E-state index in [2.05, 4.69) is 9.99 Å². The minimum absolute atomic E-state index is 0.151. The van der Waals surface area contributed by atoms with Crippen LogP contribution in [-0.4, -0.2) is 21.7 Å². The third-order valence-electron chi connectivity index (χ3n) is 3.24. The molecule has 0 saturated heterocycles. The monoisotopic (exact) mass is 314 g/mol. The molecule has 0 aliphatic carbocycles. The highest BCUT2D eigenvalue weighted by Crippen LogP contribution is 2.34. The summed E-state index contributed by atoms with van der Waals surface area (Å²) in [7, 11) is 0. The van der Waals surface area contributed by atoms with Crippen LogP contribution < -0.4 is 0 Å². The minimum Gasteiger partial charge on any atom is -0.507 e. The van der Waals surface area contributed by atoms with Crippen LogP contribution in [0.25, 0.3) is 17.4 Å². The highest BCUT2D eigenvalue weighted by atomic mass is 16.7. The Labute approximate surface area is 129 Å². The number of phenols is 1. The molecule has 0 unspecified atom stereocenters. The predicted molar refractivity (Wildman–Crippen MR) is 79.6 cm³/mol. The zero-order valence-corrected chi connectivity index (χ0v) is 11.8. The van der Waals surface area contributed by atoms with Gasteiger partial charge in [0.25, 0.3) is 5.69 Å². The first-order valence-corrected chi connectivity index (χ1v) is 6.51. The molecule has 0 radical (unpaired) electrons. The van der Waals surface area contributed by atoms with Gasteiger partial charge in [0.15, 0.2) is 0 Å². The number of furan rings is 1. The number of phenolic OH excluding ortho intramolecular Hbond substituents is 1. The molecule has 2 heterocycles. The number of non-ortho nitro benzene ring substituents is 1. The second-order valence-corrected chi connectivity index (χ2v) is 4.77. The van der Waals surface area contributed by atoms with E-state index in [9.17, 15) is 20.0 Å². The van der Waals surface area contributed by atoms with Crippen LogP contribution in [-0.2, 0) is 9.63 Å². The topological polar surface area (TPSA) is 115 Å². The molecule has 8 heteroatoms. The van der Waals surface area contributed by atoms with E-state index in [-0.39, 0.29) is 28.3 Å². The van der Waals surface area contributed by atoms with Crippen LogP contribution >= 0.6 is 0 Å². The summed E-state index contributed by atoms with van der Waals surface area (Å²) in [6.45, 7) is 1.62. The van der Waals surface area contributed by atoms with Crippen LogP contribution in [0.1, 0.15) is 12.7 Å². The maximum absolute atomic E-state index is 11.5. The Bertz CT molecular complexity index is 878. The van der Waals surface area contributed by atoms with Gasteiger partial charge >= 0.3 is 5.97 Å². The lowest BCUT2D eigenvalue weighted by atomic mass is 10.1. The maximum atomic E-state index is 11.5. The standard InChI is InChI=1S/C15H10N2O6/c1-8-11(15(19)23-16-8)7-10-3-5-14(22-10)12-6-9(17(20)21)2-4-13(12)18/h2-7,18H,1H3/b11-7-. The minimum atomic E-state index is -0.585. The zero-order valence-electron chi connectivity index (χ0n) is 11.8. The van der Waals surface area contributed by atoms with Crippen LogP contribution in [0.5, 0.6) is 5.75 Å². The van der Waals surface area contributed by atoms with E-state index in [1.165, 1.54) is 30.3 Å². The second-order valence-electron chi connectivity index (χ2n) is 4.77. The van der Waals surface area contributed by atoms with Gasteiger partial charge in [-0.3, -0.25) is 10.1 Å². The van der Waals surface area contributed by atoms with Gasteiger partial charge in [-0.1, -0.05) is 5.16 Å². The Hall–Kier alpha value is -3.42. The van der Waals surface area contributed by atoms with Crippen molar-refractivity contribution < 1.29 is 24.1 Å². The molecule has 0 spiro atoms. The molecule has 0 amide bonds.